The van der Waals surface area contributed by atoms with E-state index < -0.39 is 11.0 Å². The smallest absolute Gasteiger partial charge is 0.170 e. The van der Waals surface area contributed by atoms with Crippen LogP contribution in [-0.4, -0.2) is 35.5 Å². The van der Waals surface area contributed by atoms with Crippen LogP contribution < -0.4 is 0 Å². The van der Waals surface area contributed by atoms with E-state index in [4.69, 9.17) is 4.74 Å². The molecule has 0 aromatic carbocycles. The second-order valence-electron chi connectivity index (χ2n) is 7.83. The largest absolute Gasteiger partial charge is 0.386 e. The molecule has 0 radical (unpaired) electrons. The average Bonchev–Trinajstić information content (AvgIpc) is 2.50. The van der Waals surface area contributed by atoms with Gasteiger partial charge in [0, 0.05) is 5.57 Å². The Balaban J connectivity index is 2.10. The molecule has 3 rings (SSSR count). The van der Waals surface area contributed by atoms with Crippen molar-refractivity contribution in [3.05, 3.63) is 11.6 Å². The summed E-state index contributed by atoms with van der Waals surface area (Å²) in [5.41, 5.74) is -1.66. The lowest BCUT2D eigenvalue weighted by Gasteiger charge is -2.57. The molecule has 4 heteroatoms. The number of carbonyl (C=O) groups is 2. The fraction of sp³-hybridized carbons (Fsp3) is 0.778. The van der Waals surface area contributed by atoms with Gasteiger partial charge in [0.15, 0.2) is 5.78 Å². The highest BCUT2D eigenvalue weighted by Crippen LogP contribution is 2.58. The molecule has 2 saturated carbocycles. The van der Waals surface area contributed by atoms with Crippen LogP contribution in [0, 0.1) is 23.2 Å². The number of allylic oxidation sites excluding steroid dienone is 1. The Hall–Kier alpha value is -1.00. The van der Waals surface area contributed by atoms with Crippen molar-refractivity contribution < 1.29 is 19.4 Å². The van der Waals surface area contributed by atoms with Gasteiger partial charge >= 0.3 is 0 Å². The van der Waals surface area contributed by atoms with Gasteiger partial charge in [-0.2, -0.15) is 0 Å². The molecule has 6 atom stereocenters. The van der Waals surface area contributed by atoms with Gasteiger partial charge in [0.25, 0.3) is 0 Å². The first-order chi connectivity index (χ1) is 10.3. The monoisotopic (exact) mass is 306 g/mol. The molecular formula is C18H26O4. The van der Waals surface area contributed by atoms with Gasteiger partial charge in [-0.25, -0.2) is 0 Å². The van der Waals surface area contributed by atoms with Gasteiger partial charge in [0.1, 0.15) is 11.9 Å². The van der Waals surface area contributed by atoms with E-state index in [1.54, 1.807) is 6.92 Å². The van der Waals surface area contributed by atoms with Crippen molar-refractivity contribution in [1.29, 1.82) is 0 Å². The van der Waals surface area contributed by atoms with Gasteiger partial charge in [-0.3, -0.25) is 9.59 Å². The topological polar surface area (TPSA) is 63.6 Å². The van der Waals surface area contributed by atoms with E-state index in [2.05, 4.69) is 6.92 Å². The van der Waals surface area contributed by atoms with Crippen LogP contribution in [-0.2, 0) is 14.3 Å². The zero-order valence-corrected chi connectivity index (χ0v) is 13.7. The molecule has 4 nitrogen and oxygen atoms in total. The Labute approximate surface area is 131 Å². The minimum atomic E-state index is -1.19. The molecule has 0 aromatic rings. The number of Topliss-reactive ketones (excluding diaryl/α,β-unsaturated/α-hetero) is 1. The molecule has 0 amide bonds. The number of rotatable bonds is 1. The number of ketones is 1. The summed E-state index contributed by atoms with van der Waals surface area (Å²) in [6.07, 6.45) is 5.57. The third kappa shape index (κ3) is 2.04. The van der Waals surface area contributed by atoms with Gasteiger partial charge in [0.2, 0.25) is 0 Å². The first-order valence-electron chi connectivity index (χ1n) is 8.35. The third-order valence-corrected chi connectivity index (χ3v) is 6.65. The molecule has 2 bridgehead atoms. The highest BCUT2D eigenvalue weighted by Gasteiger charge is 2.65. The Morgan fingerprint density at radius 3 is 2.68 bits per heavy atom. The van der Waals surface area contributed by atoms with Gasteiger partial charge in [-0.15, -0.1) is 0 Å². The number of fused-ring (bicyclic) bond motifs is 4. The summed E-state index contributed by atoms with van der Waals surface area (Å²) in [6.45, 7) is 6.02. The van der Waals surface area contributed by atoms with E-state index in [0.29, 0.717) is 23.7 Å². The van der Waals surface area contributed by atoms with Gasteiger partial charge in [0.05, 0.1) is 18.1 Å². The number of aliphatic hydroxyl groups is 1. The zero-order valence-electron chi connectivity index (χ0n) is 13.7. The van der Waals surface area contributed by atoms with Crippen molar-refractivity contribution in [2.45, 2.75) is 58.2 Å². The average molecular weight is 306 g/mol. The molecule has 1 saturated heterocycles. The number of carbonyl (C=O) groups excluding carboxylic acids is 2. The summed E-state index contributed by atoms with van der Waals surface area (Å²) in [6, 6.07) is 0. The minimum Gasteiger partial charge on any atom is -0.386 e. The summed E-state index contributed by atoms with van der Waals surface area (Å²) in [5, 5.41) is 11.2. The lowest BCUT2D eigenvalue weighted by atomic mass is 9.49. The SMILES string of the molecule is C[C@H]1CC[C@H]2[C@H](C1)C[C@@H]1OC/C(=C\C=O)C(=O)[C@@]2(C)[C@]1(C)O. The van der Waals surface area contributed by atoms with Crippen LogP contribution in [0.15, 0.2) is 11.6 Å². The number of hydrogen-bond donors (Lipinski definition) is 1. The lowest BCUT2D eigenvalue weighted by Crippen LogP contribution is -2.65. The maximum absolute atomic E-state index is 13.2. The predicted octanol–water partition coefficient (Wildman–Crippen LogP) is 2.29. The number of aldehydes is 1. The molecule has 1 N–H and O–H groups in total. The van der Waals surface area contributed by atoms with Gasteiger partial charge in [-0.05, 0) is 56.9 Å². The summed E-state index contributed by atoms with van der Waals surface area (Å²) >= 11 is 0. The van der Waals surface area contributed by atoms with Crippen molar-refractivity contribution in [1.82, 2.24) is 0 Å². The molecule has 0 unspecified atom stereocenters. The fourth-order valence-electron chi connectivity index (χ4n) is 5.16. The van der Waals surface area contributed by atoms with E-state index in [0.717, 1.165) is 25.7 Å². The van der Waals surface area contributed by atoms with Crippen LogP contribution in [0.25, 0.3) is 0 Å². The molecule has 0 spiro atoms. The Bertz CT molecular complexity index is 521. The van der Waals surface area contributed by atoms with E-state index in [1.807, 2.05) is 6.92 Å². The van der Waals surface area contributed by atoms with Crippen LogP contribution in [0.3, 0.4) is 0 Å². The summed E-state index contributed by atoms with van der Waals surface area (Å²) < 4.78 is 5.88. The Morgan fingerprint density at radius 2 is 2.00 bits per heavy atom. The van der Waals surface area contributed by atoms with Crippen LogP contribution in [0.1, 0.15) is 46.5 Å². The first-order valence-corrected chi connectivity index (χ1v) is 8.35. The number of hydrogen-bond acceptors (Lipinski definition) is 4. The molecule has 2 aliphatic carbocycles. The first kappa shape index (κ1) is 15.9. The molecule has 1 heterocycles. The van der Waals surface area contributed by atoms with Gasteiger partial charge in [-0.1, -0.05) is 13.3 Å². The molecule has 22 heavy (non-hydrogen) atoms. The highest BCUT2D eigenvalue weighted by atomic mass is 16.5. The maximum atomic E-state index is 13.2. The second kappa shape index (κ2) is 5.27. The second-order valence-corrected chi connectivity index (χ2v) is 7.83. The quantitative estimate of drug-likeness (QED) is 0.596. The van der Waals surface area contributed by atoms with E-state index in [1.165, 1.54) is 6.08 Å². The molecular weight excluding hydrogens is 280 g/mol. The van der Waals surface area contributed by atoms with E-state index >= 15 is 0 Å². The van der Waals surface area contributed by atoms with Crippen molar-refractivity contribution in [2.24, 2.45) is 23.2 Å². The summed E-state index contributed by atoms with van der Waals surface area (Å²) in [4.78, 5) is 24.0. The van der Waals surface area contributed by atoms with E-state index in [9.17, 15) is 14.7 Å². The normalized spacial score (nSPS) is 50.4. The predicted molar refractivity (Wildman–Crippen MR) is 82.2 cm³/mol. The number of ether oxygens (including phenoxy) is 1. The van der Waals surface area contributed by atoms with Crippen molar-refractivity contribution >= 4 is 12.1 Å². The summed E-state index contributed by atoms with van der Waals surface area (Å²) in [5.74, 6) is 1.14. The molecule has 1 aliphatic heterocycles. The van der Waals surface area contributed by atoms with Crippen LogP contribution in [0.4, 0.5) is 0 Å². The van der Waals surface area contributed by atoms with Crippen LogP contribution >= 0.6 is 0 Å². The third-order valence-electron chi connectivity index (χ3n) is 6.65. The van der Waals surface area contributed by atoms with Crippen molar-refractivity contribution in [2.75, 3.05) is 6.61 Å². The molecule has 3 aliphatic rings. The van der Waals surface area contributed by atoms with Crippen LogP contribution in [0.5, 0.6) is 0 Å². The zero-order chi connectivity index (χ0) is 16.1. The molecule has 3 fully saturated rings. The standard InChI is InChI=1S/C18H26O4/c1-11-4-5-14-13(8-11)9-15-18(3,21)17(14,2)16(20)12(6-7-19)10-22-15/h6-7,11,13-15,21H,4-5,8-10H2,1-3H3/b12-6+/t11-,13+,14-,15-,17-,18+/m0/s1. The molecule has 0 aromatic heterocycles. The fourth-order valence-corrected chi connectivity index (χ4v) is 5.16. The lowest BCUT2D eigenvalue weighted by molar-refractivity contribution is -0.213. The Kier molecular flexibility index (Phi) is 3.81. The highest BCUT2D eigenvalue weighted by molar-refractivity contribution is 6.03. The minimum absolute atomic E-state index is 0.101. The summed E-state index contributed by atoms with van der Waals surface area (Å²) in [7, 11) is 0. The Morgan fingerprint density at radius 1 is 1.27 bits per heavy atom. The van der Waals surface area contributed by atoms with Crippen molar-refractivity contribution in [3.8, 4) is 0 Å². The van der Waals surface area contributed by atoms with Gasteiger partial charge < -0.3 is 9.84 Å². The van der Waals surface area contributed by atoms with Crippen molar-refractivity contribution in [3.63, 3.8) is 0 Å². The van der Waals surface area contributed by atoms with E-state index in [-0.39, 0.29) is 24.4 Å². The maximum Gasteiger partial charge on any atom is 0.170 e. The molecule has 122 valence electrons. The van der Waals surface area contributed by atoms with Crippen LogP contribution in [0.2, 0.25) is 0 Å².